The number of pyridine rings is 1. The second-order valence-corrected chi connectivity index (χ2v) is 6.00. The SMILES string of the molecule is CC(C)[C@H](N)C(=O)NCc1ccc(OCCOc2ccccc2)nc1. The van der Waals surface area contributed by atoms with Gasteiger partial charge >= 0.3 is 0 Å². The summed E-state index contributed by atoms with van der Waals surface area (Å²) in [7, 11) is 0. The van der Waals surface area contributed by atoms with Gasteiger partial charge in [-0.05, 0) is 23.6 Å². The highest BCUT2D eigenvalue weighted by Crippen LogP contribution is 2.10. The number of ether oxygens (including phenoxy) is 2. The smallest absolute Gasteiger partial charge is 0.237 e. The van der Waals surface area contributed by atoms with Gasteiger partial charge < -0.3 is 20.5 Å². The number of nitrogens with zero attached hydrogens (tertiary/aromatic N) is 1. The average Bonchev–Trinajstić information content (AvgIpc) is 2.64. The Morgan fingerprint density at radius 3 is 2.48 bits per heavy atom. The van der Waals surface area contributed by atoms with Crippen LogP contribution in [0.5, 0.6) is 11.6 Å². The Hall–Kier alpha value is -2.60. The molecule has 6 nitrogen and oxygen atoms in total. The molecule has 1 heterocycles. The molecule has 3 N–H and O–H groups in total. The van der Waals surface area contributed by atoms with Crippen molar-refractivity contribution >= 4 is 5.91 Å². The Balaban J connectivity index is 1.70. The van der Waals surface area contributed by atoms with Gasteiger partial charge in [0.2, 0.25) is 11.8 Å². The fourth-order valence-electron chi connectivity index (χ4n) is 2.03. The average molecular weight is 343 g/mol. The van der Waals surface area contributed by atoms with Crippen LogP contribution in [0.15, 0.2) is 48.7 Å². The van der Waals surface area contributed by atoms with Gasteiger partial charge in [-0.1, -0.05) is 38.1 Å². The summed E-state index contributed by atoms with van der Waals surface area (Å²) in [6.45, 7) is 5.07. The van der Waals surface area contributed by atoms with Gasteiger partial charge in [0, 0.05) is 18.8 Å². The number of rotatable bonds is 9. The Morgan fingerprint density at radius 2 is 1.84 bits per heavy atom. The van der Waals surface area contributed by atoms with Crippen LogP contribution in [-0.2, 0) is 11.3 Å². The molecular weight excluding hydrogens is 318 g/mol. The molecule has 0 saturated carbocycles. The molecule has 6 heteroatoms. The lowest BCUT2D eigenvalue weighted by Gasteiger charge is -2.15. The summed E-state index contributed by atoms with van der Waals surface area (Å²) in [5.41, 5.74) is 6.69. The zero-order valence-electron chi connectivity index (χ0n) is 14.6. The molecule has 0 aliphatic heterocycles. The van der Waals surface area contributed by atoms with E-state index in [1.807, 2.05) is 50.2 Å². The van der Waals surface area contributed by atoms with Crippen LogP contribution in [0.25, 0.3) is 0 Å². The second-order valence-electron chi connectivity index (χ2n) is 6.00. The maximum absolute atomic E-state index is 11.8. The van der Waals surface area contributed by atoms with Gasteiger partial charge in [0.25, 0.3) is 0 Å². The molecular formula is C19H25N3O3. The molecule has 1 aromatic carbocycles. The zero-order chi connectivity index (χ0) is 18.1. The van der Waals surface area contributed by atoms with Crippen molar-refractivity contribution in [2.75, 3.05) is 13.2 Å². The highest BCUT2D eigenvalue weighted by atomic mass is 16.5. The molecule has 1 atom stereocenters. The van der Waals surface area contributed by atoms with Gasteiger partial charge in [0.05, 0.1) is 6.04 Å². The summed E-state index contributed by atoms with van der Waals surface area (Å²) in [4.78, 5) is 16.0. The van der Waals surface area contributed by atoms with Crippen molar-refractivity contribution in [1.82, 2.24) is 10.3 Å². The number of nitrogens with one attached hydrogen (secondary N) is 1. The molecule has 2 aromatic rings. The Kier molecular flexibility index (Phi) is 7.22. The van der Waals surface area contributed by atoms with E-state index in [1.54, 1.807) is 12.3 Å². The number of nitrogens with two attached hydrogens (primary N) is 1. The Morgan fingerprint density at radius 1 is 1.12 bits per heavy atom. The van der Waals surface area contributed by atoms with Crippen LogP contribution in [0.2, 0.25) is 0 Å². The molecule has 0 bridgehead atoms. The number of hydrogen-bond donors (Lipinski definition) is 2. The fraction of sp³-hybridized carbons (Fsp3) is 0.368. The zero-order valence-corrected chi connectivity index (χ0v) is 14.6. The lowest BCUT2D eigenvalue weighted by Crippen LogP contribution is -2.43. The number of amides is 1. The quantitative estimate of drug-likeness (QED) is 0.681. The molecule has 0 radical (unpaired) electrons. The minimum Gasteiger partial charge on any atom is -0.490 e. The molecule has 2 rings (SSSR count). The Bertz CT molecular complexity index is 645. The highest BCUT2D eigenvalue weighted by molar-refractivity contribution is 5.81. The standard InChI is InChI=1S/C19H25N3O3/c1-14(2)18(20)19(23)22-13-15-8-9-17(21-12-15)25-11-10-24-16-6-4-3-5-7-16/h3-9,12,14,18H,10-11,13,20H2,1-2H3,(H,22,23)/t18-/m0/s1. The maximum atomic E-state index is 11.8. The largest absolute Gasteiger partial charge is 0.490 e. The van der Waals surface area contributed by atoms with Gasteiger partial charge in [0.15, 0.2) is 0 Å². The highest BCUT2D eigenvalue weighted by Gasteiger charge is 2.16. The van der Waals surface area contributed by atoms with E-state index in [0.717, 1.165) is 11.3 Å². The van der Waals surface area contributed by atoms with E-state index in [1.165, 1.54) is 0 Å². The van der Waals surface area contributed by atoms with Crippen LogP contribution in [0.1, 0.15) is 19.4 Å². The van der Waals surface area contributed by atoms with Crippen molar-refractivity contribution in [3.8, 4) is 11.6 Å². The minimum atomic E-state index is -0.500. The summed E-state index contributed by atoms with van der Waals surface area (Å²) in [6, 6.07) is 12.7. The van der Waals surface area contributed by atoms with Crippen molar-refractivity contribution in [3.05, 3.63) is 54.2 Å². The van der Waals surface area contributed by atoms with E-state index >= 15 is 0 Å². The number of carbonyl (C=O) groups excluding carboxylic acids is 1. The van der Waals surface area contributed by atoms with Crippen LogP contribution >= 0.6 is 0 Å². The minimum absolute atomic E-state index is 0.104. The van der Waals surface area contributed by atoms with Crippen LogP contribution in [-0.4, -0.2) is 30.1 Å². The van der Waals surface area contributed by atoms with Gasteiger partial charge in [-0.3, -0.25) is 4.79 Å². The van der Waals surface area contributed by atoms with Gasteiger partial charge in [-0.15, -0.1) is 0 Å². The number of hydrogen-bond acceptors (Lipinski definition) is 5. The summed E-state index contributed by atoms with van der Waals surface area (Å²) in [5.74, 6) is 1.27. The Labute approximate surface area is 148 Å². The number of benzene rings is 1. The molecule has 134 valence electrons. The number of para-hydroxylation sites is 1. The summed E-state index contributed by atoms with van der Waals surface area (Å²) in [5, 5.41) is 2.81. The van der Waals surface area contributed by atoms with Crippen molar-refractivity contribution in [2.45, 2.75) is 26.4 Å². The lowest BCUT2D eigenvalue weighted by molar-refractivity contribution is -0.123. The first-order chi connectivity index (χ1) is 12.1. The van der Waals surface area contributed by atoms with Crippen LogP contribution in [0, 0.1) is 5.92 Å². The topological polar surface area (TPSA) is 86.5 Å². The van der Waals surface area contributed by atoms with Crippen molar-refractivity contribution in [1.29, 1.82) is 0 Å². The molecule has 25 heavy (non-hydrogen) atoms. The van der Waals surface area contributed by atoms with Gasteiger partial charge in [-0.25, -0.2) is 4.98 Å². The molecule has 0 spiro atoms. The maximum Gasteiger partial charge on any atom is 0.237 e. The first-order valence-corrected chi connectivity index (χ1v) is 8.35. The lowest BCUT2D eigenvalue weighted by atomic mass is 10.1. The van der Waals surface area contributed by atoms with E-state index in [4.69, 9.17) is 15.2 Å². The molecule has 0 aliphatic rings. The van der Waals surface area contributed by atoms with Crippen LogP contribution in [0.3, 0.4) is 0 Å². The predicted octanol–water partition coefficient (Wildman–Crippen LogP) is 2.14. The van der Waals surface area contributed by atoms with Crippen LogP contribution in [0.4, 0.5) is 0 Å². The molecule has 1 aromatic heterocycles. The van der Waals surface area contributed by atoms with E-state index in [-0.39, 0.29) is 11.8 Å². The van der Waals surface area contributed by atoms with Crippen molar-refractivity contribution in [2.24, 2.45) is 11.7 Å². The number of carbonyl (C=O) groups is 1. The van der Waals surface area contributed by atoms with E-state index in [2.05, 4.69) is 10.3 Å². The monoisotopic (exact) mass is 343 g/mol. The van der Waals surface area contributed by atoms with Crippen molar-refractivity contribution < 1.29 is 14.3 Å². The second kappa shape index (κ2) is 9.64. The van der Waals surface area contributed by atoms with Gasteiger partial charge in [0.1, 0.15) is 19.0 Å². The van der Waals surface area contributed by atoms with Crippen LogP contribution < -0.4 is 20.5 Å². The molecule has 0 saturated heterocycles. The first-order valence-electron chi connectivity index (χ1n) is 8.35. The first kappa shape index (κ1) is 18.7. The van der Waals surface area contributed by atoms with E-state index in [0.29, 0.717) is 25.6 Å². The third-order valence-corrected chi connectivity index (χ3v) is 3.63. The third kappa shape index (κ3) is 6.43. The molecule has 0 aliphatic carbocycles. The van der Waals surface area contributed by atoms with Crippen molar-refractivity contribution in [3.63, 3.8) is 0 Å². The number of aromatic nitrogens is 1. The van der Waals surface area contributed by atoms with Gasteiger partial charge in [-0.2, -0.15) is 0 Å². The van der Waals surface area contributed by atoms with E-state index in [9.17, 15) is 4.79 Å². The molecule has 0 fully saturated rings. The fourth-order valence-corrected chi connectivity index (χ4v) is 2.03. The molecule has 1 amide bonds. The normalized spacial score (nSPS) is 11.8. The third-order valence-electron chi connectivity index (χ3n) is 3.63. The molecule has 0 unspecified atom stereocenters. The summed E-state index contributed by atoms with van der Waals surface area (Å²) < 4.78 is 11.1. The summed E-state index contributed by atoms with van der Waals surface area (Å²) in [6.07, 6.45) is 1.68. The van der Waals surface area contributed by atoms with E-state index < -0.39 is 6.04 Å². The predicted molar refractivity (Wildman–Crippen MR) is 96.3 cm³/mol. The summed E-state index contributed by atoms with van der Waals surface area (Å²) >= 11 is 0.